The van der Waals surface area contributed by atoms with Gasteiger partial charge in [0.05, 0.1) is 7.11 Å². The van der Waals surface area contributed by atoms with Gasteiger partial charge in [0, 0.05) is 4.47 Å². The highest BCUT2D eigenvalue weighted by Crippen LogP contribution is 2.18. The van der Waals surface area contributed by atoms with E-state index in [1.54, 1.807) is 0 Å². The Morgan fingerprint density at radius 3 is 2.80 bits per heavy atom. The van der Waals surface area contributed by atoms with Gasteiger partial charge in [-0.1, -0.05) is 28.1 Å². The molecule has 0 aliphatic heterocycles. The van der Waals surface area contributed by atoms with Crippen LogP contribution in [0.2, 0.25) is 0 Å². The van der Waals surface area contributed by atoms with Gasteiger partial charge in [-0.2, -0.15) is 0 Å². The Morgan fingerprint density at radius 1 is 1.60 bits per heavy atom. The fourth-order valence-electron chi connectivity index (χ4n) is 1.25. The molecule has 1 aromatic rings. The molecule has 3 nitrogen and oxygen atoms in total. The van der Waals surface area contributed by atoms with E-state index in [0.29, 0.717) is 6.42 Å². The third-order valence-electron chi connectivity index (χ3n) is 2.20. The second-order valence-corrected chi connectivity index (χ2v) is 4.27. The van der Waals surface area contributed by atoms with E-state index >= 15 is 0 Å². The van der Waals surface area contributed by atoms with Crippen LogP contribution in [0.1, 0.15) is 11.1 Å². The summed E-state index contributed by atoms with van der Waals surface area (Å²) in [6.07, 6.45) is 0.492. The zero-order valence-corrected chi connectivity index (χ0v) is 10.4. The lowest BCUT2D eigenvalue weighted by Crippen LogP contribution is -2.33. The van der Waals surface area contributed by atoms with Crippen LogP contribution in [0.25, 0.3) is 0 Å². The van der Waals surface area contributed by atoms with Crippen molar-refractivity contribution in [2.45, 2.75) is 19.4 Å². The van der Waals surface area contributed by atoms with Gasteiger partial charge in [0.1, 0.15) is 6.04 Å². The topological polar surface area (TPSA) is 52.3 Å². The Labute approximate surface area is 97.7 Å². The molecule has 1 aromatic carbocycles. The zero-order valence-electron chi connectivity index (χ0n) is 8.79. The van der Waals surface area contributed by atoms with Gasteiger partial charge in [-0.05, 0) is 30.5 Å². The molecule has 82 valence electrons. The second-order valence-electron chi connectivity index (χ2n) is 3.42. The normalized spacial score (nSPS) is 12.3. The molecule has 0 aliphatic rings. The number of carbonyl (C=O) groups is 1. The molecule has 1 atom stereocenters. The van der Waals surface area contributed by atoms with Crippen molar-refractivity contribution in [3.63, 3.8) is 0 Å². The third kappa shape index (κ3) is 3.32. The van der Waals surface area contributed by atoms with Gasteiger partial charge >= 0.3 is 5.97 Å². The zero-order chi connectivity index (χ0) is 11.4. The summed E-state index contributed by atoms with van der Waals surface area (Å²) in [5.74, 6) is -0.383. The number of nitrogens with two attached hydrogens (primary N) is 1. The van der Waals surface area contributed by atoms with Crippen LogP contribution in [0.5, 0.6) is 0 Å². The number of aryl methyl sites for hydroxylation is 1. The minimum Gasteiger partial charge on any atom is -0.468 e. The van der Waals surface area contributed by atoms with Crippen LogP contribution in [-0.2, 0) is 16.0 Å². The first kappa shape index (κ1) is 12.2. The molecular weight excluding hydrogens is 258 g/mol. The summed E-state index contributed by atoms with van der Waals surface area (Å²) in [5, 5.41) is 0. The maximum atomic E-state index is 11.1. The first-order valence-electron chi connectivity index (χ1n) is 4.63. The van der Waals surface area contributed by atoms with Gasteiger partial charge in [-0.15, -0.1) is 0 Å². The Kier molecular flexibility index (Phi) is 4.29. The van der Waals surface area contributed by atoms with Crippen LogP contribution in [0.3, 0.4) is 0 Å². The average Bonchev–Trinajstić information content (AvgIpc) is 2.22. The number of benzene rings is 1. The van der Waals surface area contributed by atoms with Gasteiger partial charge in [0.2, 0.25) is 0 Å². The van der Waals surface area contributed by atoms with Crippen LogP contribution in [0.15, 0.2) is 22.7 Å². The van der Waals surface area contributed by atoms with Gasteiger partial charge in [-0.3, -0.25) is 4.79 Å². The van der Waals surface area contributed by atoms with E-state index in [4.69, 9.17) is 5.73 Å². The molecule has 0 spiro atoms. The number of ether oxygens (including phenoxy) is 1. The largest absolute Gasteiger partial charge is 0.468 e. The monoisotopic (exact) mass is 271 g/mol. The second kappa shape index (κ2) is 5.28. The van der Waals surface area contributed by atoms with E-state index in [-0.39, 0.29) is 5.97 Å². The molecule has 1 rings (SSSR count). The maximum Gasteiger partial charge on any atom is 0.322 e. The fourth-order valence-corrected chi connectivity index (χ4v) is 1.68. The van der Waals surface area contributed by atoms with Crippen LogP contribution in [0.4, 0.5) is 0 Å². The van der Waals surface area contributed by atoms with Gasteiger partial charge < -0.3 is 10.5 Å². The highest BCUT2D eigenvalue weighted by Gasteiger charge is 2.14. The van der Waals surface area contributed by atoms with E-state index in [1.807, 2.05) is 25.1 Å². The van der Waals surface area contributed by atoms with Crippen LogP contribution < -0.4 is 5.73 Å². The summed E-state index contributed by atoms with van der Waals surface area (Å²) in [5.41, 5.74) is 7.83. The molecule has 4 heteroatoms. The van der Waals surface area contributed by atoms with Crippen molar-refractivity contribution in [2.24, 2.45) is 5.73 Å². The Morgan fingerprint density at radius 2 is 2.27 bits per heavy atom. The number of esters is 1. The number of hydrogen-bond donors (Lipinski definition) is 1. The molecule has 0 aromatic heterocycles. The molecule has 15 heavy (non-hydrogen) atoms. The summed E-state index contributed by atoms with van der Waals surface area (Å²) in [7, 11) is 1.34. The molecule has 1 unspecified atom stereocenters. The Hall–Kier alpha value is -0.870. The van der Waals surface area contributed by atoms with E-state index in [1.165, 1.54) is 7.11 Å². The summed E-state index contributed by atoms with van der Waals surface area (Å²) in [6, 6.07) is 5.33. The van der Waals surface area contributed by atoms with Crippen molar-refractivity contribution in [1.82, 2.24) is 0 Å². The molecule has 0 heterocycles. The summed E-state index contributed by atoms with van der Waals surface area (Å²) < 4.78 is 5.59. The molecule has 0 bridgehead atoms. The smallest absolute Gasteiger partial charge is 0.322 e. The van der Waals surface area contributed by atoms with E-state index in [2.05, 4.69) is 20.7 Å². The minimum atomic E-state index is -0.593. The Bertz CT molecular complexity index is 366. The molecular formula is C11H14BrNO2. The van der Waals surface area contributed by atoms with Crippen molar-refractivity contribution in [3.05, 3.63) is 33.8 Å². The van der Waals surface area contributed by atoms with Gasteiger partial charge in [0.25, 0.3) is 0 Å². The lowest BCUT2D eigenvalue weighted by Gasteiger charge is -2.09. The summed E-state index contributed by atoms with van der Waals surface area (Å²) >= 11 is 3.43. The lowest BCUT2D eigenvalue weighted by atomic mass is 10.1. The molecule has 0 fully saturated rings. The predicted octanol–water partition coefficient (Wildman–Crippen LogP) is 1.80. The molecule has 0 saturated heterocycles. The highest BCUT2D eigenvalue weighted by atomic mass is 79.9. The van der Waals surface area contributed by atoms with Crippen molar-refractivity contribution in [1.29, 1.82) is 0 Å². The highest BCUT2D eigenvalue weighted by molar-refractivity contribution is 9.10. The minimum absolute atomic E-state index is 0.383. The fraction of sp³-hybridized carbons (Fsp3) is 0.364. The Balaban J connectivity index is 2.73. The molecule has 0 saturated carbocycles. The number of halogens is 1. The SMILES string of the molecule is COC(=O)C(N)Cc1ccc(C)c(Br)c1. The number of hydrogen-bond acceptors (Lipinski definition) is 3. The average molecular weight is 272 g/mol. The molecule has 2 N–H and O–H groups in total. The quantitative estimate of drug-likeness (QED) is 0.854. The standard InChI is InChI=1S/C11H14BrNO2/c1-7-3-4-8(5-9(7)12)6-10(13)11(14)15-2/h3-5,10H,6,13H2,1-2H3. The molecule has 0 radical (unpaired) electrons. The van der Waals surface area contributed by atoms with Crippen LogP contribution >= 0.6 is 15.9 Å². The number of rotatable bonds is 3. The van der Waals surface area contributed by atoms with E-state index < -0.39 is 6.04 Å². The predicted molar refractivity (Wildman–Crippen MR) is 62.6 cm³/mol. The van der Waals surface area contributed by atoms with Crippen molar-refractivity contribution in [3.8, 4) is 0 Å². The molecule has 0 aliphatic carbocycles. The lowest BCUT2D eigenvalue weighted by molar-refractivity contribution is -0.142. The van der Waals surface area contributed by atoms with Gasteiger partial charge in [-0.25, -0.2) is 0 Å². The van der Waals surface area contributed by atoms with Crippen molar-refractivity contribution in [2.75, 3.05) is 7.11 Å². The summed E-state index contributed by atoms with van der Waals surface area (Å²) in [4.78, 5) is 11.1. The van der Waals surface area contributed by atoms with Crippen molar-refractivity contribution < 1.29 is 9.53 Å². The first-order chi connectivity index (χ1) is 7.04. The molecule has 0 amide bonds. The van der Waals surface area contributed by atoms with Crippen molar-refractivity contribution >= 4 is 21.9 Å². The van der Waals surface area contributed by atoms with Gasteiger partial charge in [0.15, 0.2) is 0 Å². The first-order valence-corrected chi connectivity index (χ1v) is 5.42. The van der Waals surface area contributed by atoms with E-state index in [0.717, 1.165) is 15.6 Å². The number of methoxy groups -OCH3 is 1. The number of carbonyl (C=O) groups excluding carboxylic acids is 1. The van der Waals surface area contributed by atoms with Crippen LogP contribution in [-0.4, -0.2) is 19.1 Å². The van der Waals surface area contributed by atoms with E-state index in [9.17, 15) is 4.79 Å². The summed E-state index contributed by atoms with van der Waals surface area (Å²) in [6.45, 7) is 2.01. The van der Waals surface area contributed by atoms with Crippen LogP contribution in [0, 0.1) is 6.92 Å². The maximum absolute atomic E-state index is 11.1. The third-order valence-corrected chi connectivity index (χ3v) is 3.05.